The Balaban J connectivity index is 2.11. The summed E-state index contributed by atoms with van der Waals surface area (Å²) in [7, 11) is 2.91. The largest absolute Gasteiger partial charge is 0.376 e. The molecule has 0 saturated carbocycles. The second-order valence-electron chi connectivity index (χ2n) is 6.13. The monoisotopic (exact) mass is 340 g/mol. The fourth-order valence-electron chi connectivity index (χ4n) is 3.18. The molecular weight excluding hydrogens is 320 g/mol. The first-order chi connectivity index (χ1) is 12.0. The third-order valence-corrected chi connectivity index (χ3v) is 4.56. The Morgan fingerprint density at radius 3 is 2.56 bits per heavy atom. The SMILES string of the molecule is Cn1c(N[C@H](c2ccccc2)[C@@H]2CCCO2)c(C#N)c(=O)n(C)c1=O. The maximum Gasteiger partial charge on any atom is 0.332 e. The molecule has 1 fully saturated rings. The van der Waals surface area contributed by atoms with E-state index in [4.69, 9.17) is 4.74 Å². The highest BCUT2D eigenvalue weighted by Gasteiger charge is 2.29. The van der Waals surface area contributed by atoms with E-state index in [-0.39, 0.29) is 23.5 Å². The second kappa shape index (κ2) is 6.95. The van der Waals surface area contributed by atoms with E-state index in [1.807, 2.05) is 36.4 Å². The molecular formula is C18H20N4O3. The molecule has 2 atom stereocenters. The van der Waals surface area contributed by atoms with Gasteiger partial charge in [-0.1, -0.05) is 30.3 Å². The van der Waals surface area contributed by atoms with E-state index >= 15 is 0 Å². The van der Waals surface area contributed by atoms with Crippen molar-refractivity contribution in [1.82, 2.24) is 9.13 Å². The summed E-state index contributed by atoms with van der Waals surface area (Å²) >= 11 is 0. The minimum Gasteiger partial charge on any atom is -0.376 e. The van der Waals surface area contributed by atoms with Crippen LogP contribution in [-0.2, 0) is 18.8 Å². The van der Waals surface area contributed by atoms with Crippen LogP contribution in [0.1, 0.15) is 30.0 Å². The van der Waals surface area contributed by atoms with Gasteiger partial charge >= 0.3 is 5.69 Å². The standard InChI is InChI=1S/C18H20N4O3/c1-21-16(13(11-19)17(23)22(2)18(21)24)20-15(14-9-6-10-25-14)12-7-4-3-5-8-12/h3-5,7-8,14-15,20H,6,9-10H2,1-2H3/t14-,15+/m0/s1. The summed E-state index contributed by atoms with van der Waals surface area (Å²) in [6.45, 7) is 0.677. The van der Waals surface area contributed by atoms with Crippen LogP contribution in [-0.4, -0.2) is 21.8 Å². The van der Waals surface area contributed by atoms with E-state index in [1.165, 1.54) is 11.6 Å². The summed E-state index contributed by atoms with van der Waals surface area (Å²) in [5.74, 6) is 0.222. The Hall–Kier alpha value is -2.85. The summed E-state index contributed by atoms with van der Waals surface area (Å²) in [4.78, 5) is 24.6. The highest BCUT2D eigenvalue weighted by Crippen LogP contribution is 2.30. The summed E-state index contributed by atoms with van der Waals surface area (Å²) in [6, 6.07) is 11.4. The van der Waals surface area contributed by atoms with Gasteiger partial charge < -0.3 is 10.1 Å². The van der Waals surface area contributed by atoms with Gasteiger partial charge in [-0.15, -0.1) is 0 Å². The number of nitrogens with one attached hydrogen (secondary N) is 1. The van der Waals surface area contributed by atoms with Gasteiger partial charge in [-0.25, -0.2) is 4.79 Å². The molecule has 2 heterocycles. The molecule has 1 aliphatic heterocycles. The zero-order valence-corrected chi connectivity index (χ0v) is 14.2. The lowest BCUT2D eigenvalue weighted by Crippen LogP contribution is -2.41. The number of rotatable bonds is 4. The van der Waals surface area contributed by atoms with Crippen LogP contribution in [0, 0.1) is 11.3 Å². The third kappa shape index (κ3) is 3.08. The number of hydrogen-bond donors (Lipinski definition) is 1. The van der Waals surface area contributed by atoms with Gasteiger partial charge in [-0.3, -0.25) is 13.9 Å². The highest BCUT2D eigenvalue weighted by atomic mass is 16.5. The van der Waals surface area contributed by atoms with Gasteiger partial charge in [0.15, 0.2) is 5.56 Å². The number of aromatic nitrogens is 2. The van der Waals surface area contributed by atoms with Gasteiger partial charge in [0.25, 0.3) is 5.56 Å². The predicted molar refractivity (Wildman–Crippen MR) is 93.4 cm³/mol. The van der Waals surface area contributed by atoms with Crippen molar-refractivity contribution in [2.24, 2.45) is 14.1 Å². The van der Waals surface area contributed by atoms with Crippen molar-refractivity contribution in [3.05, 3.63) is 62.3 Å². The van der Waals surface area contributed by atoms with E-state index < -0.39 is 11.2 Å². The maximum atomic E-state index is 12.3. The maximum absolute atomic E-state index is 12.3. The first kappa shape index (κ1) is 17.0. The smallest absolute Gasteiger partial charge is 0.332 e. The molecule has 1 saturated heterocycles. The zero-order valence-electron chi connectivity index (χ0n) is 14.2. The molecule has 7 heteroatoms. The van der Waals surface area contributed by atoms with Crippen molar-refractivity contribution >= 4 is 5.82 Å². The van der Waals surface area contributed by atoms with Crippen LogP contribution < -0.4 is 16.6 Å². The number of ether oxygens (including phenoxy) is 1. The van der Waals surface area contributed by atoms with Crippen molar-refractivity contribution in [3.8, 4) is 6.07 Å². The summed E-state index contributed by atoms with van der Waals surface area (Å²) in [6.07, 6.45) is 1.73. The van der Waals surface area contributed by atoms with Gasteiger partial charge in [0.05, 0.1) is 12.1 Å². The number of nitriles is 1. The molecule has 0 unspecified atom stereocenters. The first-order valence-electron chi connectivity index (χ1n) is 8.17. The Labute approximate surface area is 145 Å². The molecule has 0 aliphatic carbocycles. The van der Waals surface area contributed by atoms with Crippen molar-refractivity contribution in [3.63, 3.8) is 0 Å². The molecule has 3 rings (SSSR count). The van der Waals surface area contributed by atoms with Gasteiger partial charge in [-0.05, 0) is 18.4 Å². The Bertz CT molecular complexity index is 918. The normalized spacial score (nSPS) is 17.9. The van der Waals surface area contributed by atoms with E-state index in [1.54, 1.807) is 7.05 Å². The predicted octanol–water partition coefficient (Wildman–Crippen LogP) is 1.29. The lowest BCUT2D eigenvalue weighted by Gasteiger charge is -2.27. The molecule has 7 nitrogen and oxygen atoms in total. The average molecular weight is 340 g/mol. The highest BCUT2D eigenvalue weighted by molar-refractivity contribution is 5.53. The molecule has 1 aliphatic rings. The molecule has 1 aromatic heterocycles. The van der Waals surface area contributed by atoms with Gasteiger partial charge in [0, 0.05) is 20.7 Å². The fourth-order valence-corrected chi connectivity index (χ4v) is 3.18. The molecule has 1 N–H and O–H groups in total. The first-order valence-corrected chi connectivity index (χ1v) is 8.17. The topological polar surface area (TPSA) is 89.1 Å². The molecule has 0 spiro atoms. The Morgan fingerprint density at radius 1 is 1.24 bits per heavy atom. The molecule has 0 radical (unpaired) electrons. The fraction of sp³-hybridized carbons (Fsp3) is 0.389. The van der Waals surface area contributed by atoms with Crippen molar-refractivity contribution in [2.45, 2.75) is 25.0 Å². The van der Waals surface area contributed by atoms with Crippen molar-refractivity contribution in [1.29, 1.82) is 5.26 Å². The summed E-state index contributed by atoms with van der Waals surface area (Å²) in [5, 5.41) is 12.7. The number of hydrogen-bond acceptors (Lipinski definition) is 5. The van der Waals surface area contributed by atoms with Crippen LogP contribution in [0.5, 0.6) is 0 Å². The third-order valence-electron chi connectivity index (χ3n) is 4.56. The van der Waals surface area contributed by atoms with E-state index in [0.717, 1.165) is 23.0 Å². The van der Waals surface area contributed by atoms with Crippen LogP contribution in [0.25, 0.3) is 0 Å². The van der Waals surface area contributed by atoms with Crippen molar-refractivity contribution < 1.29 is 4.74 Å². The van der Waals surface area contributed by atoms with Crippen LogP contribution in [0.2, 0.25) is 0 Å². The zero-order chi connectivity index (χ0) is 18.0. The second-order valence-corrected chi connectivity index (χ2v) is 6.13. The molecule has 130 valence electrons. The van der Waals surface area contributed by atoms with Crippen LogP contribution in [0.3, 0.4) is 0 Å². The van der Waals surface area contributed by atoms with E-state index in [2.05, 4.69) is 5.32 Å². The van der Waals surface area contributed by atoms with Gasteiger partial charge in [-0.2, -0.15) is 5.26 Å². The summed E-state index contributed by atoms with van der Waals surface area (Å²) < 4.78 is 8.06. The minimum atomic E-state index is -0.604. The number of nitrogens with zero attached hydrogens (tertiary/aromatic N) is 3. The molecule has 0 amide bonds. The minimum absolute atomic E-state index is 0.0801. The lowest BCUT2D eigenvalue weighted by molar-refractivity contribution is 0.0952. The van der Waals surface area contributed by atoms with Crippen LogP contribution in [0.4, 0.5) is 5.82 Å². The van der Waals surface area contributed by atoms with E-state index in [0.29, 0.717) is 6.61 Å². The quantitative estimate of drug-likeness (QED) is 0.906. The molecule has 0 bridgehead atoms. The summed E-state index contributed by atoms with van der Waals surface area (Å²) in [5.41, 5.74) is -0.187. The Kier molecular flexibility index (Phi) is 4.72. The van der Waals surface area contributed by atoms with Crippen molar-refractivity contribution in [2.75, 3.05) is 11.9 Å². The lowest BCUT2D eigenvalue weighted by atomic mass is 9.99. The van der Waals surface area contributed by atoms with Gasteiger partial charge in [0.2, 0.25) is 0 Å². The van der Waals surface area contributed by atoms with Crippen LogP contribution in [0.15, 0.2) is 39.9 Å². The Morgan fingerprint density at radius 2 is 1.96 bits per heavy atom. The average Bonchev–Trinajstić information content (AvgIpc) is 3.17. The van der Waals surface area contributed by atoms with Gasteiger partial charge in [0.1, 0.15) is 11.9 Å². The number of anilines is 1. The molecule has 25 heavy (non-hydrogen) atoms. The number of benzene rings is 1. The molecule has 2 aromatic rings. The van der Waals surface area contributed by atoms with Crippen LogP contribution >= 0.6 is 0 Å². The molecule has 1 aromatic carbocycles. The van der Waals surface area contributed by atoms with E-state index in [9.17, 15) is 14.9 Å².